The number of likely N-dealkylation sites (N-methyl/N-ethyl adjacent to an activating group) is 1. The van der Waals surface area contributed by atoms with E-state index in [1.807, 2.05) is 19.2 Å². The van der Waals surface area contributed by atoms with Crippen LogP contribution in [0.5, 0.6) is 5.75 Å². The van der Waals surface area contributed by atoms with E-state index >= 15 is 0 Å². The van der Waals surface area contributed by atoms with Crippen LogP contribution in [0.25, 0.3) is 0 Å². The molecule has 4 nitrogen and oxygen atoms in total. The number of rotatable bonds is 6. The summed E-state index contributed by atoms with van der Waals surface area (Å²) in [4.78, 5) is 4.52. The molecule has 0 bridgehead atoms. The van der Waals surface area contributed by atoms with Crippen molar-refractivity contribution in [1.82, 2.24) is 9.80 Å². The number of hydrogen-bond acceptors (Lipinski definition) is 4. The minimum Gasteiger partial charge on any atom is -0.508 e. The number of phenolic OH excluding ortho intramolecular Hbond substituents is 1. The Morgan fingerprint density at radius 3 is 2.64 bits per heavy atom. The lowest BCUT2D eigenvalue weighted by molar-refractivity contribution is 0.0589. The van der Waals surface area contributed by atoms with E-state index in [0.29, 0.717) is 12.3 Å². The highest BCUT2D eigenvalue weighted by Crippen LogP contribution is 2.22. The third-order valence-corrected chi connectivity index (χ3v) is 4.86. The molecule has 0 radical (unpaired) electrons. The first-order valence-electron chi connectivity index (χ1n) is 8.35. The van der Waals surface area contributed by atoms with Gasteiger partial charge in [-0.05, 0) is 63.5 Å². The van der Waals surface area contributed by atoms with Gasteiger partial charge in [-0.3, -0.25) is 4.90 Å². The Bertz CT molecular complexity index is 458. The van der Waals surface area contributed by atoms with Crippen molar-refractivity contribution < 1.29 is 10.2 Å². The van der Waals surface area contributed by atoms with Gasteiger partial charge in [-0.15, -0.1) is 0 Å². The molecule has 0 aliphatic carbocycles. The molecule has 1 saturated heterocycles. The third kappa shape index (κ3) is 4.97. The van der Waals surface area contributed by atoms with Crippen LogP contribution in [0.2, 0.25) is 0 Å². The Kier molecular flexibility index (Phi) is 6.24. The van der Waals surface area contributed by atoms with Gasteiger partial charge in [-0.1, -0.05) is 19.1 Å². The van der Waals surface area contributed by atoms with Gasteiger partial charge in [0.25, 0.3) is 0 Å². The third-order valence-electron chi connectivity index (χ3n) is 4.86. The number of β-amino-alcohol motifs (C(OH)–C–C–N with tert-alkyl or cyclic N) is 1. The first-order valence-corrected chi connectivity index (χ1v) is 8.35. The largest absolute Gasteiger partial charge is 0.508 e. The van der Waals surface area contributed by atoms with Crippen LogP contribution < -0.4 is 0 Å². The molecular weight excluding hydrogens is 276 g/mol. The first-order chi connectivity index (χ1) is 10.5. The lowest BCUT2D eigenvalue weighted by Gasteiger charge is -2.33. The number of benzene rings is 1. The first kappa shape index (κ1) is 17.3. The summed E-state index contributed by atoms with van der Waals surface area (Å²) in [6.45, 7) is 8.00. The number of aromatic hydroxyl groups is 1. The lowest BCUT2D eigenvalue weighted by atomic mass is 9.99. The van der Waals surface area contributed by atoms with Gasteiger partial charge < -0.3 is 15.1 Å². The average molecular weight is 306 g/mol. The van der Waals surface area contributed by atoms with Gasteiger partial charge in [0.1, 0.15) is 5.75 Å². The number of likely N-dealkylation sites (tertiary alicyclic amines) is 1. The zero-order chi connectivity index (χ0) is 16.1. The standard InChI is InChI=1S/C18H30N2O2/c1-14-7-9-20(10-8-14)13-18(22)12-19(3)15(2)16-5-4-6-17(21)11-16/h4-6,11,14-15,18,21-22H,7-10,12-13H2,1-3H3. The summed E-state index contributed by atoms with van der Waals surface area (Å²) >= 11 is 0. The molecule has 1 aromatic rings. The smallest absolute Gasteiger partial charge is 0.115 e. The van der Waals surface area contributed by atoms with Crippen LogP contribution >= 0.6 is 0 Å². The summed E-state index contributed by atoms with van der Waals surface area (Å²) in [6.07, 6.45) is 2.14. The van der Waals surface area contributed by atoms with E-state index in [2.05, 4.69) is 23.6 Å². The molecule has 2 rings (SSSR count). The van der Waals surface area contributed by atoms with Crippen molar-refractivity contribution in [3.8, 4) is 5.75 Å². The van der Waals surface area contributed by atoms with E-state index in [1.165, 1.54) is 12.8 Å². The van der Waals surface area contributed by atoms with Crippen molar-refractivity contribution in [2.45, 2.75) is 38.8 Å². The van der Waals surface area contributed by atoms with Gasteiger partial charge in [0, 0.05) is 19.1 Å². The summed E-state index contributed by atoms with van der Waals surface area (Å²) in [5.41, 5.74) is 1.07. The van der Waals surface area contributed by atoms with Gasteiger partial charge >= 0.3 is 0 Å². The Labute approximate surface area is 134 Å². The molecule has 1 heterocycles. The van der Waals surface area contributed by atoms with E-state index in [0.717, 1.165) is 31.1 Å². The summed E-state index contributed by atoms with van der Waals surface area (Å²) in [7, 11) is 2.02. The summed E-state index contributed by atoms with van der Waals surface area (Å²) in [6, 6.07) is 7.52. The molecule has 4 heteroatoms. The van der Waals surface area contributed by atoms with E-state index < -0.39 is 0 Å². The van der Waals surface area contributed by atoms with E-state index in [1.54, 1.807) is 12.1 Å². The van der Waals surface area contributed by atoms with Crippen molar-refractivity contribution in [2.24, 2.45) is 5.92 Å². The number of aliphatic hydroxyl groups is 1. The summed E-state index contributed by atoms with van der Waals surface area (Å²) in [5.74, 6) is 1.11. The van der Waals surface area contributed by atoms with Crippen LogP contribution in [0.4, 0.5) is 0 Å². The molecule has 22 heavy (non-hydrogen) atoms. The Balaban J connectivity index is 1.81. The van der Waals surface area contributed by atoms with Crippen molar-refractivity contribution in [3.05, 3.63) is 29.8 Å². The number of nitrogens with zero attached hydrogens (tertiary/aromatic N) is 2. The highest BCUT2D eigenvalue weighted by molar-refractivity contribution is 5.29. The number of hydrogen-bond donors (Lipinski definition) is 2. The molecule has 1 aliphatic heterocycles. The molecule has 1 fully saturated rings. The minimum absolute atomic E-state index is 0.170. The molecule has 0 saturated carbocycles. The second-order valence-corrected chi connectivity index (χ2v) is 6.85. The van der Waals surface area contributed by atoms with E-state index in [9.17, 15) is 10.2 Å². The number of phenols is 1. The fraction of sp³-hybridized carbons (Fsp3) is 0.667. The number of aliphatic hydroxyl groups excluding tert-OH is 1. The summed E-state index contributed by atoms with van der Waals surface area (Å²) in [5, 5.41) is 19.9. The van der Waals surface area contributed by atoms with Crippen LogP contribution in [0, 0.1) is 5.92 Å². The molecule has 124 valence electrons. The molecule has 2 atom stereocenters. The minimum atomic E-state index is -0.335. The topological polar surface area (TPSA) is 46.9 Å². The molecule has 1 aromatic carbocycles. The molecular formula is C18H30N2O2. The average Bonchev–Trinajstić information content (AvgIpc) is 2.48. The zero-order valence-electron chi connectivity index (χ0n) is 14.1. The Hall–Kier alpha value is -1.10. The monoisotopic (exact) mass is 306 g/mol. The highest BCUT2D eigenvalue weighted by atomic mass is 16.3. The molecule has 0 amide bonds. The summed E-state index contributed by atoms with van der Waals surface area (Å²) < 4.78 is 0. The predicted octanol–water partition coefficient (Wildman–Crippen LogP) is 2.48. The van der Waals surface area contributed by atoms with E-state index in [4.69, 9.17) is 0 Å². The van der Waals surface area contributed by atoms with Gasteiger partial charge in [0.15, 0.2) is 0 Å². The fourth-order valence-corrected chi connectivity index (χ4v) is 3.13. The zero-order valence-corrected chi connectivity index (χ0v) is 14.1. The number of piperidine rings is 1. The Morgan fingerprint density at radius 1 is 1.32 bits per heavy atom. The van der Waals surface area contributed by atoms with Crippen LogP contribution in [-0.4, -0.2) is 59.3 Å². The maximum absolute atomic E-state index is 10.4. The van der Waals surface area contributed by atoms with Gasteiger partial charge in [0.2, 0.25) is 0 Å². The van der Waals surface area contributed by atoms with Gasteiger partial charge in [-0.25, -0.2) is 0 Å². The van der Waals surface area contributed by atoms with Gasteiger partial charge in [0.05, 0.1) is 6.10 Å². The highest BCUT2D eigenvalue weighted by Gasteiger charge is 2.21. The van der Waals surface area contributed by atoms with E-state index in [-0.39, 0.29) is 12.1 Å². The lowest BCUT2D eigenvalue weighted by Crippen LogP contribution is -2.42. The van der Waals surface area contributed by atoms with Crippen LogP contribution in [0.3, 0.4) is 0 Å². The molecule has 0 spiro atoms. The van der Waals surface area contributed by atoms with Crippen molar-refractivity contribution in [2.75, 3.05) is 33.2 Å². The second kappa shape index (κ2) is 7.95. The maximum atomic E-state index is 10.4. The van der Waals surface area contributed by atoms with Crippen LogP contribution in [0.1, 0.15) is 38.3 Å². The molecule has 0 aromatic heterocycles. The fourth-order valence-electron chi connectivity index (χ4n) is 3.13. The van der Waals surface area contributed by atoms with Crippen molar-refractivity contribution in [1.29, 1.82) is 0 Å². The molecule has 2 N–H and O–H groups in total. The second-order valence-electron chi connectivity index (χ2n) is 6.85. The Morgan fingerprint density at radius 2 is 2.00 bits per heavy atom. The predicted molar refractivity (Wildman–Crippen MR) is 90.0 cm³/mol. The van der Waals surface area contributed by atoms with Gasteiger partial charge in [-0.2, -0.15) is 0 Å². The SMILES string of the molecule is CC1CCN(CC(O)CN(C)C(C)c2cccc(O)c2)CC1. The molecule has 1 aliphatic rings. The van der Waals surface area contributed by atoms with Crippen molar-refractivity contribution >= 4 is 0 Å². The quantitative estimate of drug-likeness (QED) is 0.847. The normalized spacial score (nSPS) is 20.2. The van der Waals surface area contributed by atoms with Crippen molar-refractivity contribution in [3.63, 3.8) is 0 Å². The maximum Gasteiger partial charge on any atom is 0.115 e. The molecule has 2 unspecified atom stereocenters. The van der Waals surface area contributed by atoms with Crippen LogP contribution in [-0.2, 0) is 0 Å². The van der Waals surface area contributed by atoms with Crippen LogP contribution in [0.15, 0.2) is 24.3 Å².